The Balaban J connectivity index is 1.95. The summed E-state index contributed by atoms with van der Waals surface area (Å²) in [6.45, 7) is 0. The smallest absolute Gasteiger partial charge is 0.282 e. The quantitative estimate of drug-likeness (QED) is 0.858. The minimum atomic E-state index is -3.60. The van der Waals surface area contributed by atoms with Crippen LogP contribution < -0.4 is 4.74 Å². The number of ether oxygens (including phenoxy) is 1. The Kier molecular flexibility index (Phi) is 2.82. The van der Waals surface area contributed by atoms with Gasteiger partial charge in [-0.15, -0.1) is 0 Å². The van der Waals surface area contributed by atoms with Crippen LogP contribution in [0.3, 0.4) is 0 Å². The summed E-state index contributed by atoms with van der Waals surface area (Å²) in [6, 6.07) is 8.06. The molecule has 5 nitrogen and oxygen atoms in total. The van der Waals surface area contributed by atoms with Crippen LogP contribution in [0.4, 0.5) is 0 Å². The fourth-order valence-corrected chi connectivity index (χ4v) is 3.03. The highest BCUT2D eigenvalue weighted by Crippen LogP contribution is 2.39. The lowest BCUT2D eigenvalue weighted by molar-refractivity contribution is 0.414. The fraction of sp³-hybridized carbons (Fsp3) is 0.308. The van der Waals surface area contributed by atoms with Crippen molar-refractivity contribution in [3.05, 3.63) is 42.2 Å². The molecule has 3 rings (SSSR count). The predicted molar refractivity (Wildman–Crippen MR) is 69.8 cm³/mol. The maximum Gasteiger partial charge on any atom is 0.282 e. The molecule has 0 bridgehead atoms. The monoisotopic (exact) mass is 278 g/mol. The second-order valence-corrected chi connectivity index (χ2v) is 6.36. The molecule has 0 saturated heterocycles. The third kappa shape index (κ3) is 2.23. The molecule has 6 heteroatoms. The first-order valence-corrected chi connectivity index (χ1v) is 7.50. The molecular weight excluding hydrogens is 264 g/mol. The van der Waals surface area contributed by atoms with Gasteiger partial charge >= 0.3 is 0 Å². The van der Waals surface area contributed by atoms with Crippen molar-refractivity contribution in [1.82, 2.24) is 9.19 Å². The molecule has 1 fully saturated rings. The standard InChI is InChI=1S/C13H14N2O3S/c1-18-11-4-6-12(7-5-11)19(16,17)15-9-8-13(14-15)10-2-3-10/h4-10H,2-3H2,1H3. The fourth-order valence-electron chi connectivity index (χ4n) is 1.91. The highest BCUT2D eigenvalue weighted by molar-refractivity contribution is 7.89. The molecule has 2 aromatic rings. The first-order valence-electron chi connectivity index (χ1n) is 6.06. The van der Waals surface area contributed by atoms with E-state index in [9.17, 15) is 8.42 Å². The van der Waals surface area contributed by atoms with Crippen LogP contribution in [0.15, 0.2) is 41.4 Å². The summed E-state index contributed by atoms with van der Waals surface area (Å²) in [5.41, 5.74) is 0.858. The number of hydrogen-bond acceptors (Lipinski definition) is 4. The van der Waals surface area contributed by atoms with Crippen LogP contribution in [-0.4, -0.2) is 24.7 Å². The average Bonchev–Trinajstić information content (AvgIpc) is 3.16. The molecule has 0 N–H and O–H groups in total. The number of methoxy groups -OCH3 is 1. The summed E-state index contributed by atoms with van der Waals surface area (Å²) in [7, 11) is -2.06. The third-order valence-electron chi connectivity index (χ3n) is 3.19. The summed E-state index contributed by atoms with van der Waals surface area (Å²) >= 11 is 0. The van der Waals surface area contributed by atoms with Crippen molar-refractivity contribution in [1.29, 1.82) is 0 Å². The van der Waals surface area contributed by atoms with Gasteiger partial charge in [-0.2, -0.15) is 17.6 Å². The van der Waals surface area contributed by atoms with Crippen molar-refractivity contribution >= 4 is 10.0 Å². The number of nitrogens with zero attached hydrogens (tertiary/aromatic N) is 2. The zero-order chi connectivity index (χ0) is 13.5. The number of aromatic nitrogens is 2. The van der Waals surface area contributed by atoms with Crippen LogP contribution in [0.5, 0.6) is 5.75 Å². The molecular formula is C13H14N2O3S. The summed E-state index contributed by atoms with van der Waals surface area (Å²) in [6.07, 6.45) is 3.70. The minimum Gasteiger partial charge on any atom is -0.497 e. The summed E-state index contributed by atoms with van der Waals surface area (Å²) in [5, 5.41) is 4.16. The van der Waals surface area contributed by atoms with Crippen LogP contribution in [0.1, 0.15) is 24.5 Å². The van der Waals surface area contributed by atoms with E-state index in [1.54, 1.807) is 25.3 Å². The highest BCUT2D eigenvalue weighted by atomic mass is 32.2. The van der Waals surface area contributed by atoms with E-state index in [2.05, 4.69) is 5.10 Å². The summed E-state index contributed by atoms with van der Waals surface area (Å²) < 4.78 is 30.8. The lowest BCUT2D eigenvalue weighted by Crippen LogP contribution is -2.13. The lowest BCUT2D eigenvalue weighted by atomic mass is 10.3. The molecule has 1 aromatic carbocycles. The van der Waals surface area contributed by atoms with E-state index in [1.165, 1.54) is 18.3 Å². The van der Waals surface area contributed by atoms with Gasteiger partial charge in [-0.05, 0) is 43.2 Å². The van der Waals surface area contributed by atoms with Gasteiger partial charge in [0.15, 0.2) is 0 Å². The van der Waals surface area contributed by atoms with Gasteiger partial charge in [0.25, 0.3) is 10.0 Å². The Morgan fingerprint density at radius 1 is 1.21 bits per heavy atom. The van der Waals surface area contributed by atoms with Gasteiger partial charge in [0.05, 0.1) is 17.7 Å². The Hall–Kier alpha value is -1.82. The SMILES string of the molecule is COc1ccc(S(=O)(=O)n2ccc(C3CC3)n2)cc1. The van der Waals surface area contributed by atoms with E-state index < -0.39 is 10.0 Å². The van der Waals surface area contributed by atoms with E-state index in [4.69, 9.17) is 4.74 Å². The van der Waals surface area contributed by atoms with Crippen LogP contribution in [0.25, 0.3) is 0 Å². The third-order valence-corrected chi connectivity index (χ3v) is 4.75. The lowest BCUT2D eigenvalue weighted by Gasteiger charge is -2.05. The normalized spacial score (nSPS) is 15.4. The van der Waals surface area contributed by atoms with E-state index in [0.29, 0.717) is 11.7 Å². The van der Waals surface area contributed by atoms with Crippen LogP contribution in [-0.2, 0) is 10.0 Å². The van der Waals surface area contributed by atoms with Crippen LogP contribution >= 0.6 is 0 Å². The van der Waals surface area contributed by atoms with Crippen molar-refractivity contribution in [2.45, 2.75) is 23.7 Å². The van der Waals surface area contributed by atoms with Gasteiger partial charge in [0.1, 0.15) is 5.75 Å². The molecule has 1 heterocycles. The predicted octanol–water partition coefficient (Wildman–Crippen LogP) is 2.01. The first kappa shape index (κ1) is 12.2. The summed E-state index contributed by atoms with van der Waals surface area (Å²) in [5.74, 6) is 1.06. The minimum absolute atomic E-state index is 0.207. The molecule has 0 aliphatic heterocycles. The molecule has 1 aliphatic rings. The van der Waals surface area contributed by atoms with E-state index in [1.807, 2.05) is 0 Å². The van der Waals surface area contributed by atoms with Gasteiger partial charge < -0.3 is 4.74 Å². The topological polar surface area (TPSA) is 61.2 Å². The van der Waals surface area contributed by atoms with Gasteiger partial charge in [-0.25, -0.2) is 0 Å². The number of rotatable bonds is 4. The van der Waals surface area contributed by atoms with Gasteiger partial charge in [-0.1, -0.05) is 0 Å². The van der Waals surface area contributed by atoms with E-state index in [0.717, 1.165) is 22.6 Å². The van der Waals surface area contributed by atoms with E-state index in [-0.39, 0.29) is 4.90 Å². The van der Waals surface area contributed by atoms with Gasteiger partial charge in [0.2, 0.25) is 0 Å². The van der Waals surface area contributed by atoms with Gasteiger partial charge in [-0.3, -0.25) is 0 Å². The zero-order valence-electron chi connectivity index (χ0n) is 10.5. The summed E-state index contributed by atoms with van der Waals surface area (Å²) in [4.78, 5) is 0.207. The van der Waals surface area contributed by atoms with Crippen LogP contribution in [0.2, 0.25) is 0 Å². The molecule has 19 heavy (non-hydrogen) atoms. The Morgan fingerprint density at radius 3 is 2.47 bits per heavy atom. The number of benzene rings is 1. The van der Waals surface area contributed by atoms with Crippen LogP contribution in [0, 0.1) is 0 Å². The van der Waals surface area contributed by atoms with Crippen molar-refractivity contribution < 1.29 is 13.2 Å². The Labute approximate surface area is 111 Å². The highest BCUT2D eigenvalue weighted by Gasteiger charge is 2.27. The Bertz CT molecular complexity index is 685. The largest absolute Gasteiger partial charge is 0.497 e. The molecule has 1 aromatic heterocycles. The van der Waals surface area contributed by atoms with Crippen molar-refractivity contribution in [3.63, 3.8) is 0 Å². The number of hydrogen-bond donors (Lipinski definition) is 0. The van der Waals surface area contributed by atoms with Crippen molar-refractivity contribution in [2.75, 3.05) is 7.11 Å². The molecule has 100 valence electrons. The maximum atomic E-state index is 12.3. The second kappa shape index (κ2) is 4.38. The zero-order valence-corrected chi connectivity index (χ0v) is 11.3. The van der Waals surface area contributed by atoms with Crippen molar-refractivity contribution in [2.24, 2.45) is 0 Å². The average molecular weight is 278 g/mol. The first-order chi connectivity index (χ1) is 9.11. The molecule has 0 atom stereocenters. The van der Waals surface area contributed by atoms with Gasteiger partial charge in [0, 0.05) is 12.1 Å². The Morgan fingerprint density at radius 2 is 1.89 bits per heavy atom. The molecule has 0 amide bonds. The molecule has 0 unspecified atom stereocenters. The van der Waals surface area contributed by atoms with E-state index >= 15 is 0 Å². The maximum absolute atomic E-state index is 12.3. The molecule has 0 spiro atoms. The van der Waals surface area contributed by atoms with Crippen molar-refractivity contribution in [3.8, 4) is 5.75 Å². The molecule has 1 saturated carbocycles. The molecule has 0 radical (unpaired) electrons. The second-order valence-electron chi connectivity index (χ2n) is 4.57. The molecule has 1 aliphatic carbocycles.